The minimum atomic E-state index is -0.224. The van der Waals surface area contributed by atoms with Crippen LogP contribution in [0.1, 0.15) is 20.7 Å². The van der Waals surface area contributed by atoms with Crippen molar-refractivity contribution in [2.24, 2.45) is 7.05 Å². The highest BCUT2D eigenvalue weighted by atomic mass is 35.5. The molecule has 10 rings (SSSR count). The van der Waals surface area contributed by atoms with Gasteiger partial charge in [0.2, 0.25) is 11.9 Å². The number of hydrogen-bond acceptors (Lipinski definition) is 10. The van der Waals surface area contributed by atoms with Gasteiger partial charge in [-0.25, -0.2) is 15.0 Å². The topological polar surface area (TPSA) is 212 Å². The molecule has 0 saturated carbocycles. The number of carbonyl (C=O) groups excluding carboxylic acids is 2. The largest absolute Gasteiger partial charge is 0.324 e. The van der Waals surface area contributed by atoms with Crippen molar-refractivity contribution in [3.8, 4) is 0 Å². The first-order valence-electron chi connectivity index (χ1n) is 18.0. The Morgan fingerprint density at radius 3 is 2.02 bits per heavy atom. The van der Waals surface area contributed by atoms with Gasteiger partial charge in [-0.15, -0.1) is 0 Å². The molecule has 5 aromatic carbocycles. The second kappa shape index (κ2) is 15.6. The van der Waals surface area contributed by atoms with E-state index in [9.17, 15) is 9.59 Å². The van der Waals surface area contributed by atoms with Gasteiger partial charge in [-0.05, 0) is 103 Å². The zero-order valence-electron chi connectivity index (χ0n) is 30.7. The SMILES string of the molecule is Cn1ncc2cc(NC(=O)c3ccc4nc(Nc5ccc(Cl)cc5Cl)[nH]c4c3)ccc21.O=C(Nc1ccc2n[nH]nc2c1)c1ccc2nc(Nc3ccccn3)[nH]c2c1. The van der Waals surface area contributed by atoms with Crippen molar-refractivity contribution >= 4 is 114 Å². The minimum Gasteiger partial charge on any atom is -0.324 e. The van der Waals surface area contributed by atoms with Crippen LogP contribution < -0.4 is 21.3 Å². The number of aromatic amines is 3. The van der Waals surface area contributed by atoms with Gasteiger partial charge in [-0.2, -0.15) is 20.5 Å². The maximum atomic E-state index is 12.8. The molecule has 0 aliphatic rings. The molecule has 5 aromatic heterocycles. The summed E-state index contributed by atoms with van der Waals surface area (Å²) in [4.78, 5) is 44.9. The Bertz CT molecular complexity index is 3170. The molecule has 0 aliphatic heterocycles. The van der Waals surface area contributed by atoms with Crippen molar-refractivity contribution in [3.05, 3.63) is 143 Å². The van der Waals surface area contributed by atoms with Crippen LogP contribution in [0, 0.1) is 0 Å². The van der Waals surface area contributed by atoms with E-state index in [2.05, 4.69) is 66.7 Å². The number of carbonyl (C=O) groups is 2. The molecule has 7 N–H and O–H groups in total. The van der Waals surface area contributed by atoms with Gasteiger partial charge in [0, 0.05) is 46.2 Å². The van der Waals surface area contributed by atoms with Crippen LogP contribution in [0.25, 0.3) is 44.0 Å². The van der Waals surface area contributed by atoms with Crippen molar-refractivity contribution in [1.82, 2.24) is 50.1 Å². The number of amides is 2. The van der Waals surface area contributed by atoms with Gasteiger partial charge in [0.05, 0.1) is 44.5 Å². The average Bonchev–Trinajstić information content (AvgIpc) is 4.04. The van der Waals surface area contributed by atoms with Gasteiger partial charge in [-0.1, -0.05) is 29.3 Å². The summed E-state index contributed by atoms with van der Waals surface area (Å²) >= 11 is 12.2. The molecule has 0 unspecified atom stereocenters. The molecule has 0 saturated heterocycles. The second-order valence-corrected chi connectivity index (χ2v) is 14.0. The molecule has 18 heteroatoms. The first kappa shape index (κ1) is 36.8. The third kappa shape index (κ3) is 8.06. The highest BCUT2D eigenvalue weighted by molar-refractivity contribution is 6.36. The molecule has 0 fully saturated rings. The standard InChI is InChI=1S/C22H16Cl2N6O.C19H14N8O/c1-30-20-7-4-15(8-13(20)11-25-30)26-21(31)12-2-5-18-19(9-12)29-22(28-18)27-17-6-3-14(23)10-16(17)24;28-18(21-12-5-7-14-16(10-12)26-27-25-14)11-4-6-13-15(9-11)23-19(22-13)24-17-3-1-2-8-20-17/h2-11H,1H3,(H,26,31)(H2,27,28,29);1-10H,(H,21,28)(H,25,26,27)(H2,20,22,23,24). The van der Waals surface area contributed by atoms with Crippen LogP contribution >= 0.6 is 23.2 Å². The fraction of sp³-hybridized carbons (Fsp3) is 0.0244. The molecular weight excluding hydrogens is 791 g/mol. The zero-order chi connectivity index (χ0) is 40.5. The molecule has 0 spiro atoms. The number of H-pyrrole nitrogens is 3. The van der Waals surface area contributed by atoms with E-state index in [-0.39, 0.29) is 11.8 Å². The summed E-state index contributed by atoms with van der Waals surface area (Å²) < 4.78 is 1.79. The third-order valence-corrected chi connectivity index (χ3v) is 9.71. The number of anilines is 6. The first-order valence-corrected chi connectivity index (χ1v) is 18.7. The van der Waals surface area contributed by atoms with E-state index in [1.54, 1.807) is 89.9 Å². The maximum absolute atomic E-state index is 12.8. The van der Waals surface area contributed by atoms with Gasteiger partial charge in [0.15, 0.2) is 0 Å². The molecule has 5 heterocycles. The molecular formula is C41H30Cl2N14O2. The summed E-state index contributed by atoms with van der Waals surface area (Å²) in [6, 6.07) is 32.3. The fourth-order valence-corrected chi connectivity index (χ4v) is 6.72. The lowest BCUT2D eigenvalue weighted by Gasteiger charge is -2.06. The van der Waals surface area contributed by atoms with Crippen LogP contribution in [0.3, 0.4) is 0 Å². The van der Waals surface area contributed by atoms with Gasteiger partial charge < -0.3 is 31.2 Å². The molecule has 0 bridgehead atoms. The number of nitrogens with one attached hydrogen (secondary N) is 7. The molecule has 10 aromatic rings. The summed E-state index contributed by atoms with van der Waals surface area (Å²) in [5.74, 6) is 1.32. The summed E-state index contributed by atoms with van der Waals surface area (Å²) in [6.45, 7) is 0. The van der Waals surface area contributed by atoms with E-state index >= 15 is 0 Å². The Labute approximate surface area is 343 Å². The van der Waals surface area contributed by atoms with E-state index in [4.69, 9.17) is 23.2 Å². The summed E-state index contributed by atoms with van der Waals surface area (Å²) in [6.07, 6.45) is 3.47. The van der Waals surface area contributed by atoms with Crippen molar-refractivity contribution in [3.63, 3.8) is 0 Å². The molecule has 59 heavy (non-hydrogen) atoms. The fourth-order valence-electron chi connectivity index (χ4n) is 6.26. The predicted molar refractivity (Wildman–Crippen MR) is 230 cm³/mol. The minimum absolute atomic E-state index is 0.213. The van der Waals surface area contributed by atoms with Crippen molar-refractivity contribution in [2.75, 3.05) is 21.3 Å². The highest BCUT2D eigenvalue weighted by Crippen LogP contribution is 2.29. The van der Waals surface area contributed by atoms with E-state index in [0.717, 1.165) is 38.5 Å². The van der Waals surface area contributed by atoms with E-state index in [0.29, 0.717) is 61.5 Å². The van der Waals surface area contributed by atoms with Crippen LogP contribution in [-0.2, 0) is 7.05 Å². The van der Waals surface area contributed by atoms with E-state index in [1.807, 2.05) is 43.4 Å². The number of rotatable bonds is 8. The number of imidazole rings is 2. The zero-order valence-corrected chi connectivity index (χ0v) is 32.3. The van der Waals surface area contributed by atoms with Crippen molar-refractivity contribution in [1.29, 1.82) is 0 Å². The number of pyridine rings is 1. The lowest BCUT2D eigenvalue weighted by Crippen LogP contribution is -2.11. The average molecular weight is 822 g/mol. The van der Waals surface area contributed by atoms with Gasteiger partial charge in [0.1, 0.15) is 16.9 Å². The number of aryl methyl sites for hydroxylation is 1. The molecule has 0 radical (unpaired) electrons. The number of aromatic nitrogens is 10. The van der Waals surface area contributed by atoms with Crippen LogP contribution in [-0.4, -0.2) is 61.9 Å². The highest BCUT2D eigenvalue weighted by Gasteiger charge is 2.13. The maximum Gasteiger partial charge on any atom is 0.255 e. The predicted octanol–water partition coefficient (Wildman–Crippen LogP) is 8.98. The van der Waals surface area contributed by atoms with Crippen LogP contribution in [0.15, 0.2) is 122 Å². The van der Waals surface area contributed by atoms with Gasteiger partial charge in [0.25, 0.3) is 11.8 Å². The molecule has 16 nitrogen and oxygen atoms in total. The lowest BCUT2D eigenvalue weighted by atomic mass is 10.1. The first-order chi connectivity index (χ1) is 28.7. The second-order valence-electron chi connectivity index (χ2n) is 13.2. The van der Waals surface area contributed by atoms with Crippen LogP contribution in [0.2, 0.25) is 10.0 Å². The van der Waals surface area contributed by atoms with E-state index < -0.39 is 0 Å². The Hall–Kier alpha value is -7.82. The monoisotopic (exact) mass is 820 g/mol. The quantitative estimate of drug-likeness (QED) is 0.0773. The Morgan fingerprint density at radius 2 is 1.32 bits per heavy atom. The Kier molecular flexibility index (Phi) is 9.73. The smallest absolute Gasteiger partial charge is 0.255 e. The van der Waals surface area contributed by atoms with E-state index in [1.165, 1.54) is 0 Å². The number of nitrogens with zero attached hydrogens (tertiary/aromatic N) is 7. The van der Waals surface area contributed by atoms with Crippen molar-refractivity contribution in [2.45, 2.75) is 0 Å². The van der Waals surface area contributed by atoms with Gasteiger partial charge >= 0.3 is 0 Å². The summed E-state index contributed by atoms with van der Waals surface area (Å²) in [7, 11) is 1.88. The molecule has 2 amide bonds. The molecule has 0 aliphatic carbocycles. The summed E-state index contributed by atoms with van der Waals surface area (Å²) in [5.41, 5.74) is 8.42. The van der Waals surface area contributed by atoms with Crippen LogP contribution in [0.4, 0.5) is 34.8 Å². The third-order valence-electron chi connectivity index (χ3n) is 9.16. The molecule has 290 valence electrons. The number of benzene rings is 5. The molecule has 0 atom stereocenters. The van der Waals surface area contributed by atoms with Gasteiger partial charge in [-0.3, -0.25) is 14.3 Å². The normalized spacial score (nSPS) is 11.1. The van der Waals surface area contributed by atoms with Crippen LogP contribution in [0.5, 0.6) is 0 Å². The number of halogens is 2. The Morgan fingerprint density at radius 1 is 0.661 bits per heavy atom. The van der Waals surface area contributed by atoms with Crippen molar-refractivity contribution < 1.29 is 9.59 Å². The summed E-state index contributed by atoms with van der Waals surface area (Å²) in [5, 5.41) is 28.8. The number of hydrogen-bond donors (Lipinski definition) is 7. The number of fused-ring (bicyclic) bond motifs is 4. The Balaban J connectivity index is 0.000000153. The lowest BCUT2D eigenvalue weighted by molar-refractivity contribution is 0.101.